The molecule has 0 saturated carbocycles. The van der Waals surface area contributed by atoms with E-state index in [0.717, 1.165) is 16.8 Å². The van der Waals surface area contributed by atoms with Gasteiger partial charge >= 0.3 is 5.97 Å². The third-order valence-corrected chi connectivity index (χ3v) is 5.12. The van der Waals surface area contributed by atoms with Crippen LogP contribution in [0.2, 0.25) is 0 Å². The van der Waals surface area contributed by atoms with E-state index in [-0.39, 0.29) is 18.9 Å². The molecule has 6 nitrogen and oxygen atoms in total. The summed E-state index contributed by atoms with van der Waals surface area (Å²) in [6.07, 6.45) is 3.19. The summed E-state index contributed by atoms with van der Waals surface area (Å²) in [7, 11) is 0. The Hall–Kier alpha value is -3.45. The van der Waals surface area contributed by atoms with Crippen LogP contribution in [0.3, 0.4) is 0 Å². The van der Waals surface area contributed by atoms with Gasteiger partial charge in [0.2, 0.25) is 5.91 Å². The minimum absolute atomic E-state index is 0.0480. The number of ether oxygens (including phenoxy) is 2. The van der Waals surface area contributed by atoms with E-state index >= 15 is 0 Å². The van der Waals surface area contributed by atoms with Crippen LogP contribution < -0.4 is 10.1 Å². The lowest BCUT2D eigenvalue weighted by Crippen LogP contribution is -2.14. The molecule has 0 unspecified atom stereocenters. The third-order valence-electron chi connectivity index (χ3n) is 4.23. The van der Waals surface area contributed by atoms with Gasteiger partial charge in [0.05, 0.1) is 18.7 Å². The Bertz CT molecular complexity index is 1060. The molecular formula is C24H24N2O4S. The maximum atomic E-state index is 12.2. The monoisotopic (exact) mass is 436 g/mol. The van der Waals surface area contributed by atoms with E-state index in [4.69, 9.17) is 9.47 Å². The zero-order valence-electron chi connectivity index (χ0n) is 17.5. The molecule has 0 saturated heterocycles. The van der Waals surface area contributed by atoms with Gasteiger partial charge in [0, 0.05) is 22.7 Å². The summed E-state index contributed by atoms with van der Waals surface area (Å²) in [6, 6.07) is 15.1. The molecule has 0 aliphatic heterocycles. The van der Waals surface area contributed by atoms with Crippen molar-refractivity contribution in [3.05, 3.63) is 81.8 Å². The molecule has 1 N–H and O–H groups in total. The van der Waals surface area contributed by atoms with Crippen molar-refractivity contribution in [2.75, 3.05) is 11.9 Å². The quantitative estimate of drug-likeness (QED) is 0.386. The summed E-state index contributed by atoms with van der Waals surface area (Å²) < 4.78 is 10.8. The van der Waals surface area contributed by atoms with Gasteiger partial charge in [-0.15, -0.1) is 11.3 Å². The predicted molar refractivity (Wildman–Crippen MR) is 122 cm³/mol. The standard InChI is InChI=1S/C24H24N2O4S/c1-3-29-21-7-5-4-6-18(21)10-13-24(28)30-15-20-16-31-23(26-20)14-22(27)25-19-11-8-17(2)9-12-19/h4-13,16H,3,14-15H2,1-2H3,(H,25,27)/b13-10+. The molecule has 1 amide bonds. The number of carbonyl (C=O) groups is 2. The molecule has 3 rings (SSSR count). The van der Waals surface area contributed by atoms with Gasteiger partial charge in [0.25, 0.3) is 0 Å². The fourth-order valence-electron chi connectivity index (χ4n) is 2.73. The number of nitrogens with one attached hydrogen (secondary N) is 1. The first-order chi connectivity index (χ1) is 15.0. The van der Waals surface area contributed by atoms with Crippen molar-refractivity contribution in [2.45, 2.75) is 26.9 Å². The number of aromatic nitrogens is 1. The first kappa shape index (κ1) is 22.2. The SMILES string of the molecule is CCOc1ccccc1/C=C/C(=O)OCc1csc(CC(=O)Nc2ccc(C)cc2)n1. The second-order valence-electron chi connectivity index (χ2n) is 6.74. The fraction of sp³-hybridized carbons (Fsp3) is 0.208. The Labute approximate surface area is 185 Å². The van der Waals surface area contributed by atoms with Crippen molar-refractivity contribution >= 4 is 35.0 Å². The zero-order chi connectivity index (χ0) is 22.1. The predicted octanol–water partition coefficient (Wildman–Crippen LogP) is 4.79. The number of carbonyl (C=O) groups excluding carboxylic acids is 2. The van der Waals surface area contributed by atoms with Crippen LogP contribution >= 0.6 is 11.3 Å². The second kappa shape index (κ2) is 11.1. The van der Waals surface area contributed by atoms with E-state index < -0.39 is 5.97 Å². The van der Waals surface area contributed by atoms with Crippen molar-refractivity contribution in [3.63, 3.8) is 0 Å². The van der Waals surface area contributed by atoms with E-state index in [1.807, 2.05) is 62.4 Å². The maximum Gasteiger partial charge on any atom is 0.331 e. The number of aryl methyl sites for hydroxylation is 1. The minimum atomic E-state index is -0.474. The van der Waals surface area contributed by atoms with E-state index in [1.54, 1.807) is 11.5 Å². The fourth-order valence-corrected chi connectivity index (χ4v) is 3.51. The Balaban J connectivity index is 1.48. The van der Waals surface area contributed by atoms with E-state index in [1.165, 1.54) is 17.4 Å². The highest BCUT2D eigenvalue weighted by Gasteiger charge is 2.10. The Morgan fingerprint density at radius 3 is 2.68 bits per heavy atom. The summed E-state index contributed by atoms with van der Waals surface area (Å²) in [4.78, 5) is 28.6. The van der Waals surface area contributed by atoms with Gasteiger partial charge in [-0.25, -0.2) is 9.78 Å². The molecule has 0 fully saturated rings. The van der Waals surface area contributed by atoms with Gasteiger partial charge in [-0.3, -0.25) is 4.79 Å². The van der Waals surface area contributed by atoms with Crippen molar-refractivity contribution < 1.29 is 19.1 Å². The van der Waals surface area contributed by atoms with Crippen LogP contribution in [-0.4, -0.2) is 23.5 Å². The maximum absolute atomic E-state index is 12.2. The Morgan fingerprint density at radius 1 is 1.13 bits per heavy atom. The average molecular weight is 437 g/mol. The minimum Gasteiger partial charge on any atom is -0.493 e. The molecule has 3 aromatic rings. The number of esters is 1. The smallest absolute Gasteiger partial charge is 0.331 e. The van der Waals surface area contributed by atoms with Crippen molar-refractivity contribution in [1.29, 1.82) is 0 Å². The van der Waals surface area contributed by atoms with Gasteiger partial charge in [-0.05, 0) is 38.1 Å². The second-order valence-corrected chi connectivity index (χ2v) is 7.68. The lowest BCUT2D eigenvalue weighted by molar-refractivity contribution is -0.139. The first-order valence-corrected chi connectivity index (χ1v) is 10.8. The lowest BCUT2D eigenvalue weighted by Gasteiger charge is -2.06. The van der Waals surface area contributed by atoms with E-state index in [0.29, 0.717) is 23.1 Å². The lowest BCUT2D eigenvalue weighted by atomic mass is 10.2. The van der Waals surface area contributed by atoms with E-state index in [9.17, 15) is 9.59 Å². The number of hydrogen-bond donors (Lipinski definition) is 1. The highest BCUT2D eigenvalue weighted by Crippen LogP contribution is 2.19. The first-order valence-electron chi connectivity index (χ1n) is 9.90. The third kappa shape index (κ3) is 7.08. The average Bonchev–Trinajstić information content (AvgIpc) is 3.20. The normalized spacial score (nSPS) is 10.8. The van der Waals surface area contributed by atoms with Crippen molar-refractivity contribution in [3.8, 4) is 5.75 Å². The summed E-state index contributed by atoms with van der Waals surface area (Å²) >= 11 is 1.36. The molecule has 2 aromatic carbocycles. The number of thiazole rings is 1. The Kier molecular flexibility index (Phi) is 7.95. The molecule has 160 valence electrons. The molecular weight excluding hydrogens is 412 g/mol. The highest BCUT2D eigenvalue weighted by molar-refractivity contribution is 7.09. The highest BCUT2D eigenvalue weighted by atomic mass is 32.1. The largest absolute Gasteiger partial charge is 0.493 e. The molecule has 31 heavy (non-hydrogen) atoms. The number of amides is 1. The molecule has 0 spiro atoms. The number of nitrogens with zero attached hydrogens (tertiary/aromatic N) is 1. The number of para-hydroxylation sites is 1. The Morgan fingerprint density at radius 2 is 1.90 bits per heavy atom. The molecule has 7 heteroatoms. The van der Waals surface area contributed by atoms with Crippen molar-refractivity contribution in [2.24, 2.45) is 0 Å². The van der Waals surface area contributed by atoms with E-state index in [2.05, 4.69) is 10.3 Å². The molecule has 0 bridgehead atoms. The van der Waals surface area contributed by atoms with Crippen LogP contribution in [0.25, 0.3) is 6.08 Å². The summed E-state index contributed by atoms with van der Waals surface area (Å²) in [6.45, 7) is 4.49. The summed E-state index contributed by atoms with van der Waals surface area (Å²) in [5.74, 6) is 0.0951. The summed E-state index contributed by atoms with van der Waals surface area (Å²) in [5, 5.41) is 5.30. The van der Waals surface area contributed by atoms with Crippen LogP contribution in [0.4, 0.5) is 5.69 Å². The molecule has 0 atom stereocenters. The molecule has 0 aliphatic carbocycles. The zero-order valence-corrected chi connectivity index (χ0v) is 18.3. The number of rotatable bonds is 9. The molecule has 0 radical (unpaired) electrons. The number of hydrogen-bond acceptors (Lipinski definition) is 6. The van der Waals surface area contributed by atoms with Crippen LogP contribution in [0.15, 0.2) is 60.0 Å². The molecule has 1 aromatic heterocycles. The van der Waals surface area contributed by atoms with Crippen LogP contribution in [0.1, 0.15) is 28.8 Å². The van der Waals surface area contributed by atoms with Gasteiger partial charge in [0.1, 0.15) is 17.4 Å². The van der Waals surface area contributed by atoms with Gasteiger partial charge < -0.3 is 14.8 Å². The van der Waals surface area contributed by atoms with Crippen molar-refractivity contribution in [1.82, 2.24) is 4.98 Å². The van der Waals surface area contributed by atoms with Crippen LogP contribution in [0, 0.1) is 6.92 Å². The molecule has 0 aliphatic rings. The number of anilines is 1. The van der Waals surface area contributed by atoms with Gasteiger partial charge in [-0.2, -0.15) is 0 Å². The van der Waals surface area contributed by atoms with Gasteiger partial charge in [0.15, 0.2) is 0 Å². The number of benzene rings is 2. The van der Waals surface area contributed by atoms with Crippen LogP contribution in [0.5, 0.6) is 5.75 Å². The summed E-state index contributed by atoms with van der Waals surface area (Å²) in [5.41, 5.74) is 3.29. The molecule has 1 heterocycles. The topological polar surface area (TPSA) is 77.5 Å². The van der Waals surface area contributed by atoms with Gasteiger partial charge in [-0.1, -0.05) is 35.9 Å². The van der Waals surface area contributed by atoms with Crippen LogP contribution in [-0.2, 0) is 27.4 Å².